The van der Waals surface area contributed by atoms with Crippen molar-refractivity contribution in [2.75, 3.05) is 23.8 Å². The molecule has 1 aliphatic heterocycles. The fourth-order valence-electron chi connectivity index (χ4n) is 1.68. The van der Waals surface area contributed by atoms with Gasteiger partial charge in [0.15, 0.2) is 0 Å². The van der Waals surface area contributed by atoms with E-state index in [2.05, 4.69) is 22.2 Å². The molecule has 1 unspecified atom stereocenters. The lowest BCUT2D eigenvalue weighted by Crippen LogP contribution is -2.14. The number of H-pyrrole nitrogens is 1. The smallest absolute Gasteiger partial charge is 0.120 e. The molecule has 2 rings (SSSR count). The van der Waals surface area contributed by atoms with Crippen LogP contribution in [0.1, 0.15) is 30.1 Å². The summed E-state index contributed by atoms with van der Waals surface area (Å²) >= 11 is 4.06. The van der Waals surface area contributed by atoms with Gasteiger partial charge in [-0.15, -0.1) is 11.8 Å². The van der Waals surface area contributed by atoms with Gasteiger partial charge in [-0.25, -0.2) is 4.98 Å². The molecule has 5 heteroatoms. The Hall–Kier alpha value is -0.130. The zero-order chi connectivity index (χ0) is 11.2. The minimum absolute atomic E-state index is 0.568. The minimum atomic E-state index is 0.568. The molecule has 1 aliphatic rings. The number of aromatic nitrogens is 2. The normalized spacial score (nSPS) is 21.2. The maximum Gasteiger partial charge on any atom is 0.120 e. The van der Waals surface area contributed by atoms with Gasteiger partial charge in [-0.05, 0) is 13.0 Å². The third-order valence-electron chi connectivity index (χ3n) is 2.51. The molecule has 16 heavy (non-hydrogen) atoms. The summed E-state index contributed by atoms with van der Waals surface area (Å²) in [5.74, 6) is 4.89. The predicted octanol–water partition coefficient (Wildman–Crippen LogP) is 2.43. The predicted molar refractivity (Wildman–Crippen MR) is 73.1 cm³/mol. The van der Waals surface area contributed by atoms with Crippen molar-refractivity contribution in [1.82, 2.24) is 15.3 Å². The molecular weight excluding hydrogens is 238 g/mol. The van der Waals surface area contributed by atoms with Gasteiger partial charge in [-0.1, -0.05) is 6.92 Å². The molecule has 1 atom stereocenters. The number of hydrogen-bond donors (Lipinski definition) is 2. The monoisotopic (exact) mass is 257 g/mol. The highest BCUT2D eigenvalue weighted by Crippen LogP contribution is 2.34. The number of aromatic amines is 1. The number of thioether (sulfide) groups is 2. The van der Waals surface area contributed by atoms with Gasteiger partial charge in [0, 0.05) is 35.7 Å². The lowest BCUT2D eigenvalue weighted by molar-refractivity contribution is 0.665. The molecule has 3 nitrogen and oxygen atoms in total. The van der Waals surface area contributed by atoms with Gasteiger partial charge in [0.05, 0.1) is 5.25 Å². The van der Waals surface area contributed by atoms with Crippen molar-refractivity contribution in [2.45, 2.75) is 25.1 Å². The second-order valence-electron chi connectivity index (χ2n) is 3.90. The van der Waals surface area contributed by atoms with E-state index in [4.69, 9.17) is 0 Å². The molecule has 0 aromatic carbocycles. The van der Waals surface area contributed by atoms with Crippen molar-refractivity contribution in [3.63, 3.8) is 0 Å². The summed E-state index contributed by atoms with van der Waals surface area (Å²) in [4.78, 5) is 7.92. The Morgan fingerprint density at radius 2 is 2.50 bits per heavy atom. The summed E-state index contributed by atoms with van der Waals surface area (Å²) in [5.41, 5.74) is 1.21. The Morgan fingerprint density at radius 1 is 1.56 bits per heavy atom. The van der Waals surface area contributed by atoms with E-state index < -0.39 is 0 Å². The number of hydrogen-bond acceptors (Lipinski definition) is 4. The van der Waals surface area contributed by atoms with E-state index >= 15 is 0 Å². The van der Waals surface area contributed by atoms with Gasteiger partial charge in [-0.2, -0.15) is 11.8 Å². The van der Waals surface area contributed by atoms with E-state index in [-0.39, 0.29) is 0 Å². The van der Waals surface area contributed by atoms with Crippen LogP contribution in [-0.2, 0) is 6.54 Å². The first-order valence-corrected chi connectivity index (χ1v) is 8.04. The highest BCUT2D eigenvalue weighted by Gasteiger charge is 2.18. The van der Waals surface area contributed by atoms with Crippen LogP contribution in [0.4, 0.5) is 0 Å². The Bertz CT molecular complexity index is 308. The van der Waals surface area contributed by atoms with Crippen LogP contribution in [0.15, 0.2) is 6.20 Å². The Kier molecular flexibility index (Phi) is 5.06. The summed E-state index contributed by atoms with van der Waals surface area (Å²) in [6.07, 6.45) is 3.15. The van der Waals surface area contributed by atoms with Crippen LogP contribution in [-0.4, -0.2) is 33.8 Å². The third-order valence-corrected chi connectivity index (χ3v) is 5.27. The van der Waals surface area contributed by atoms with E-state index in [0.29, 0.717) is 5.25 Å². The SMILES string of the molecule is CCCNCc1cnc(C2CSCCS2)[nH]1. The molecule has 1 aromatic heterocycles. The van der Waals surface area contributed by atoms with Gasteiger partial charge < -0.3 is 10.3 Å². The molecule has 90 valence electrons. The summed E-state index contributed by atoms with van der Waals surface area (Å²) in [5, 5.41) is 3.95. The first kappa shape index (κ1) is 12.3. The van der Waals surface area contributed by atoms with E-state index in [1.165, 1.54) is 29.4 Å². The summed E-state index contributed by atoms with van der Waals surface area (Å²) < 4.78 is 0. The maximum absolute atomic E-state index is 4.49. The summed E-state index contributed by atoms with van der Waals surface area (Å²) in [6.45, 7) is 4.16. The molecule has 0 amide bonds. The highest BCUT2D eigenvalue weighted by molar-refractivity contribution is 8.06. The van der Waals surface area contributed by atoms with Gasteiger partial charge >= 0.3 is 0 Å². The highest BCUT2D eigenvalue weighted by atomic mass is 32.2. The fraction of sp³-hybridized carbons (Fsp3) is 0.727. The van der Waals surface area contributed by atoms with E-state index in [1.807, 2.05) is 29.7 Å². The van der Waals surface area contributed by atoms with Crippen molar-refractivity contribution in [3.05, 3.63) is 17.7 Å². The van der Waals surface area contributed by atoms with E-state index in [9.17, 15) is 0 Å². The molecule has 1 fully saturated rings. The van der Waals surface area contributed by atoms with Crippen LogP contribution in [0.5, 0.6) is 0 Å². The van der Waals surface area contributed by atoms with E-state index in [1.54, 1.807) is 0 Å². The van der Waals surface area contributed by atoms with Crippen molar-refractivity contribution in [1.29, 1.82) is 0 Å². The lowest BCUT2D eigenvalue weighted by Gasteiger charge is -2.18. The average Bonchev–Trinajstić information content (AvgIpc) is 2.79. The van der Waals surface area contributed by atoms with Crippen molar-refractivity contribution < 1.29 is 0 Å². The van der Waals surface area contributed by atoms with Gasteiger partial charge in [0.1, 0.15) is 5.82 Å². The molecule has 2 N–H and O–H groups in total. The Labute approximate surface area is 106 Å². The molecule has 2 heterocycles. The second-order valence-corrected chi connectivity index (χ2v) is 6.37. The summed E-state index contributed by atoms with van der Waals surface area (Å²) in [6, 6.07) is 0. The fourth-order valence-corrected chi connectivity index (χ4v) is 4.31. The average molecular weight is 257 g/mol. The Balaban J connectivity index is 1.85. The standard InChI is InChI=1S/C11H19N3S2/c1-2-3-12-6-9-7-13-11(14-9)10-8-15-4-5-16-10/h7,10,12H,2-6,8H2,1H3,(H,13,14). The lowest BCUT2D eigenvalue weighted by atomic mass is 10.4. The molecule has 0 aliphatic carbocycles. The second kappa shape index (κ2) is 6.57. The molecule has 1 saturated heterocycles. The summed E-state index contributed by atoms with van der Waals surface area (Å²) in [7, 11) is 0. The molecule has 1 aromatic rings. The van der Waals surface area contributed by atoms with Crippen molar-refractivity contribution in [3.8, 4) is 0 Å². The molecule has 0 radical (unpaired) electrons. The van der Waals surface area contributed by atoms with E-state index in [0.717, 1.165) is 18.9 Å². The van der Waals surface area contributed by atoms with Crippen LogP contribution < -0.4 is 5.32 Å². The van der Waals surface area contributed by atoms with Crippen LogP contribution in [0.25, 0.3) is 0 Å². The Morgan fingerprint density at radius 3 is 3.25 bits per heavy atom. The number of imidazole rings is 1. The van der Waals surface area contributed by atoms with Crippen LogP contribution in [0.2, 0.25) is 0 Å². The molecule has 0 saturated carbocycles. The third kappa shape index (κ3) is 3.43. The van der Waals surface area contributed by atoms with Crippen molar-refractivity contribution >= 4 is 23.5 Å². The number of rotatable bonds is 5. The number of nitrogens with zero attached hydrogens (tertiary/aromatic N) is 1. The van der Waals surface area contributed by atoms with Crippen LogP contribution in [0, 0.1) is 0 Å². The number of nitrogens with one attached hydrogen (secondary N) is 2. The zero-order valence-electron chi connectivity index (χ0n) is 9.66. The van der Waals surface area contributed by atoms with Crippen LogP contribution in [0.3, 0.4) is 0 Å². The molecular formula is C11H19N3S2. The van der Waals surface area contributed by atoms with Crippen LogP contribution >= 0.6 is 23.5 Å². The maximum atomic E-state index is 4.49. The zero-order valence-corrected chi connectivity index (χ0v) is 11.3. The first-order chi connectivity index (χ1) is 7.90. The van der Waals surface area contributed by atoms with Gasteiger partial charge in [0.2, 0.25) is 0 Å². The van der Waals surface area contributed by atoms with Gasteiger partial charge in [-0.3, -0.25) is 0 Å². The molecule has 0 bridgehead atoms. The minimum Gasteiger partial charge on any atom is -0.344 e. The van der Waals surface area contributed by atoms with Crippen molar-refractivity contribution in [2.24, 2.45) is 0 Å². The van der Waals surface area contributed by atoms with Gasteiger partial charge in [0.25, 0.3) is 0 Å². The largest absolute Gasteiger partial charge is 0.344 e. The quantitative estimate of drug-likeness (QED) is 0.795. The topological polar surface area (TPSA) is 40.7 Å². The molecule has 0 spiro atoms. The first-order valence-electron chi connectivity index (χ1n) is 5.84.